The molecule has 1 unspecified atom stereocenters. The van der Waals surface area contributed by atoms with Gasteiger partial charge in [-0.05, 0) is 12.5 Å². The predicted octanol–water partition coefficient (Wildman–Crippen LogP) is 2.20. The number of carbonyl (C=O) groups excluding carboxylic acids is 1. The van der Waals surface area contributed by atoms with Crippen LogP contribution in [0.15, 0.2) is 24.3 Å². The minimum absolute atomic E-state index is 0.0809. The van der Waals surface area contributed by atoms with Crippen molar-refractivity contribution in [3.05, 3.63) is 29.8 Å². The first kappa shape index (κ1) is 15.4. The lowest BCUT2D eigenvalue weighted by molar-refractivity contribution is -0.121. The molecule has 6 heteroatoms. The molecule has 106 valence electrons. The van der Waals surface area contributed by atoms with Crippen LogP contribution in [-0.4, -0.2) is 19.1 Å². The molecule has 1 rings (SSSR count). The molecule has 1 aromatic carbocycles. The third kappa shape index (κ3) is 4.82. The van der Waals surface area contributed by atoms with Gasteiger partial charge in [-0.15, -0.1) is 0 Å². The van der Waals surface area contributed by atoms with Gasteiger partial charge in [0.1, 0.15) is 5.75 Å². The monoisotopic (exact) mass is 272 g/mol. The Bertz CT molecular complexity index is 413. The van der Waals surface area contributed by atoms with Crippen molar-refractivity contribution in [3.63, 3.8) is 0 Å². The van der Waals surface area contributed by atoms with Crippen molar-refractivity contribution in [3.8, 4) is 5.75 Å². The van der Waals surface area contributed by atoms with E-state index in [1.165, 1.54) is 6.07 Å². The third-order valence-corrected chi connectivity index (χ3v) is 2.63. The van der Waals surface area contributed by atoms with Gasteiger partial charge in [-0.1, -0.05) is 25.1 Å². The van der Waals surface area contributed by atoms with E-state index in [1.54, 1.807) is 18.2 Å². The molecule has 0 bridgehead atoms. The third-order valence-electron chi connectivity index (χ3n) is 2.63. The highest BCUT2D eigenvalue weighted by molar-refractivity contribution is 5.76. The molecule has 3 N–H and O–H groups in total. The number of carbonyl (C=O) groups is 1. The van der Waals surface area contributed by atoms with Crippen molar-refractivity contribution in [1.82, 2.24) is 5.32 Å². The molecule has 1 amide bonds. The van der Waals surface area contributed by atoms with Crippen LogP contribution in [0.5, 0.6) is 5.75 Å². The molecule has 0 radical (unpaired) electrons. The summed E-state index contributed by atoms with van der Waals surface area (Å²) in [6.07, 6.45) is 0.772. The molecule has 0 aliphatic carbocycles. The average Bonchev–Trinajstić information content (AvgIpc) is 2.36. The lowest BCUT2D eigenvalue weighted by Crippen LogP contribution is -2.30. The highest BCUT2D eigenvalue weighted by atomic mass is 19.3. The Kier molecular flexibility index (Phi) is 6.21. The highest BCUT2D eigenvalue weighted by Gasteiger charge is 2.18. The van der Waals surface area contributed by atoms with Crippen molar-refractivity contribution in [2.45, 2.75) is 32.4 Å². The Labute approximate surface area is 110 Å². The number of halogens is 2. The molecule has 0 heterocycles. The molecule has 0 fully saturated rings. The fraction of sp³-hybridized carbons (Fsp3) is 0.462. The maximum absolute atomic E-state index is 12.3. The average molecular weight is 272 g/mol. The van der Waals surface area contributed by atoms with Gasteiger partial charge in [0, 0.05) is 18.5 Å². The fourth-order valence-corrected chi connectivity index (χ4v) is 1.77. The number of nitrogens with two attached hydrogens (primary N) is 1. The minimum atomic E-state index is -2.89. The van der Waals surface area contributed by atoms with Gasteiger partial charge in [0.05, 0.1) is 6.04 Å². The molecule has 0 spiro atoms. The van der Waals surface area contributed by atoms with Gasteiger partial charge in [0.15, 0.2) is 0 Å². The van der Waals surface area contributed by atoms with Gasteiger partial charge in [0.25, 0.3) is 0 Å². The van der Waals surface area contributed by atoms with Crippen molar-refractivity contribution in [1.29, 1.82) is 0 Å². The molecule has 19 heavy (non-hydrogen) atoms. The zero-order valence-electron chi connectivity index (χ0n) is 10.7. The number of nitrogens with one attached hydrogen (secondary N) is 1. The summed E-state index contributed by atoms with van der Waals surface area (Å²) in [7, 11) is 0. The van der Waals surface area contributed by atoms with Crippen molar-refractivity contribution in [2.75, 3.05) is 6.54 Å². The van der Waals surface area contributed by atoms with Gasteiger partial charge in [-0.3, -0.25) is 4.79 Å². The van der Waals surface area contributed by atoms with E-state index in [9.17, 15) is 13.6 Å². The number of rotatable bonds is 7. The van der Waals surface area contributed by atoms with Crippen molar-refractivity contribution in [2.24, 2.45) is 5.73 Å². The smallest absolute Gasteiger partial charge is 0.387 e. The quantitative estimate of drug-likeness (QED) is 0.799. The van der Waals surface area contributed by atoms with Gasteiger partial charge >= 0.3 is 6.61 Å². The van der Waals surface area contributed by atoms with Crippen molar-refractivity contribution < 1.29 is 18.3 Å². The van der Waals surface area contributed by atoms with Crippen LogP contribution in [-0.2, 0) is 4.79 Å². The summed E-state index contributed by atoms with van der Waals surface area (Å²) in [5, 5.41) is 2.75. The van der Waals surface area contributed by atoms with E-state index in [-0.39, 0.29) is 30.7 Å². The molecule has 1 atom stereocenters. The van der Waals surface area contributed by atoms with Gasteiger partial charge < -0.3 is 15.8 Å². The van der Waals surface area contributed by atoms with Crippen LogP contribution in [0.3, 0.4) is 0 Å². The summed E-state index contributed by atoms with van der Waals surface area (Å²) in [5.41, 5.74) is 5.83. The first-order chi connectivity index (χ1) is 9.08. The van der Waals surface area contributed by atoms with Crippen LogP contribution < -0.4 is 15.8 Å². The highest BCUT2D eigenvalue weighted by Crippen LogP contribution is 2.28. The summed E-state index contributed by atoms with van der Waals surface area (Å²) in [4.78, 5) is 11.5. The van der Waals surface area contributed by atoms with E-state index < -0.39 is 6.61 Å². The van der Waals surface area contributed by atoms with Gasteiger partial charge in [0.2, 0.25) is 5.91 Å². The van der Waals surface area contributed by atoms with Crippen LogP contribution in [0.25, 0.3) is 0 Å². The van der Waals surface area contributed by atoms with Crippen molar-refractivity contribution >= 4 is 5.91 Å². The Hall–Kier alpha value is -1.69. The molecule has 0 aliphatic rings. The number of hydrogen-bond acceptors (Lipinski definition) is 3. The van der Waals surface area contributed by atoms with Crippen LogP contribution in [0.4, 0.5) is 8.78 Å². The summed E-state index contributed by atoms with van der Waals surface area (Å²) in [6.45, 7) is -0.789. The zero-order chi connectivity index (χ0) is 14.3. The molecule has 1 aromatic rings. The normalized spacial score (nSPS) is 12.3. The number of hydrogen-bond donors (Lipinski definition) is 2. The van der Waals surface area contributed by atoms with Crippen LogP contribution in [0.2, 0.25) is 0 Å². The van der Waals surface area contributed by atoms with E-state index in [0.717, 1.165) is 0 Å². The predicted molar refractivity (Wildman–Crippen MR) is 67.9 cm³/mol. The second kappa shape index (κ2) is 7.68. The maximum atomic E-state index is 12.3. The van der Waals surface area contributed by atoms with E-state index in [4.69, 9.17) is 5.73 Å². The zero-order valence-corrected chi connectivity index (χ0v) is 10.7. The van der Waals surface area contributed by atoms with E-state index >= 15 is 0 Å². The number of para-hydroxylation sites is 1. The van der Waals surface area contributed by atoms with Gasteiger partial charge in [-0.2, -0.15) is 8.78 Å². The second-order valence-electron chi connectivity index (χ2n) is 3.98. The topological polar surface area (TPSA) is 64.4 Å². The standard InChI is InChI=1S/C13H18F2N2O2/c1-2-10(17-12(18)7-8-16)9-5-3-4-6-11(9)19-13(14)15/h3-6,10,13H,2,7-8,16H2,1H3,(H,17,18). The molecular formula is C13H18F2N2O2. The van der Waals surface area contributed by atoms with Crippen LogP contribution >= 0.6 is 0 Å². The summed E-state index contributed by atoms with van der Waals surface area (Å²) < 4.78 is 29.1. The number of ether oxygens (including phenoxy) is 1. The van der Waals surface area contributed by atoms with E-state index in [2.05, 4.69) is 10.1 Å². The fourth-order valence-electron chi connectivity index (χ4n) is 1.77. The first-order valence-electron chi connectivity index (χ1n) is 6.11. The molecule has 0 aromatic heterocycles. The molecule has 0 aliphatic heterocycles. The summed E-state index contributed by atoms with van der Waals surface area (Å²) >= 11 is 0. The maximum Gasteiger partial charge on any atom is 0.387 e. The lowest BCUT2D eigenvalue weighted by atomic mass is 10.0. The van der Waals surface area contributed by atoms with E-state index in [0.29, 0.717) is 12.0 Å². The van der Waals surface area contributed by atoms with Crippen LogP contribution in [0, 0.1) is 0 Å². The summed E-state index contributed by atoms with van der Waals surface area (Å²) in [6, 6.07) is 6.07. The number of benzene rings is 1. The van der Waals surface area contributed by atoms with Gasteiger partial charge in [-0.25, -0.2) is 0 Å². The molecular weight excluding hydrogens is 254 g/mol. The molecule has 0 saturated heterocycles. The Morgan fingerprint density at radius 1 is 1.42 bits per heavy atom. The Balaban J connectivity index is 2.88. The van der Waals surface area contributed by atoms with Crippen LogP contribution in [0.1, 0.15) is 31.4 Å². The minimum Gasteiger partial charge on any atom is -0.434 e. The Morgan fingerprint density at radius 3 is 2.68 bits per heavy atom. The second-order valence-corrected chi connectivity index (χ2v) is 3.98. The molecule has 0 saturated carbocycles. The summed E-state index contributed by atoms with van der Waals surface area (Å²) in [5.74, 6) is -0.126. The first-order valence-corrected chi connectivity index (χ1v) is 6.11. The largest absolute Gasteiger partial charge is 0.434 e. The number of amides is 1. The number of alkyl halides is 2. The lowest BCUT2D eigenvalue weighted by Gasteiger charge is -2.20. The molecule has 4 nitrogen and oxygen atoms in total. The SMILES string of the molecule is CCC(NC(=O)CCN)c1ccccc1OC(F)F. The van der Waals surface area contributed by atoms with E-state index in [1.807, 2.05) is 6.92 Å². The Morgan fingerprint density at radius 2 is 2.11 bits per heavy atom.